The molecule has 3 N–H and O–H groups in total. The molecule has 0 aliphatic rings. The number of carbonyl (C=O) groups is 1. The lowest BCUT2D eigenvalue weighted by atomic mass is 10.1. The average molecular weight is 293 g/mol. The molecule has 1 heterocycles. The van der Waals surface area contributed by atoms with Crippen LogP contribution in [0.15, 0.2) is 30.3 Å². The van der Waals surface area contributed by atoms with Gasteiger partial charge in [-0.1, -0.05) is 17.7 Å². The fourth-order valence-corrected chi connectivity index (χ4v) is 1.71. The second-order valence-corrected chi connectivity index (χ2v) is 4.24. The quantitative estimate of drug-likeness (QED) is 0.844. The highest BCUT2D eigenvalue weighted by molar-refractivity contribution is 6.29. The van der Waals surface area contributed by atoms with Crippen molar-refractivity contribution in [3.05, 3.63) is 41.0 Å². The number of para-hydroxylation sites is 1. The van der Waals surface area contributed by atoms with Crippen molar-refractivity contribution < 1.29 is 9.53 Å². The summed E-state index contributed by atoms with van der Waals surface area (Å²) in [5.41, 5.74) is 6.55. The first-order chi connectivity index (χ1) is 9.61. The third-order valence-corrected chi connectivity index (χ3v) is 2.65. The summed E-state index contributed by atoms with van der Waals surface area (Å²) in [5, 5.41) is 10.3. The van der Waals surface area contributed by atoms with Gasteiger partial charge >= 0.3 is 0 Å². The van der Waals surface area contributed by atoms with Crippen LogP contribution in [-0.2, 0) is 0 Å². The highest BCUT2D eigenvalue weighted by atomic mass is 35.5. The molecule has 0 saturated carbocycles. The first-order valence-electron chi connectivity index (χ1n) is 5.93. The van der Waals surface area contributed by atoms with E-state index in [0.717, 1.165) is 0 Å². The summed E-state index contributed by atoms with van der Waals surface area (Å²) in [4.78, 5) is 12.2. The summed E-state index contributed by atoms with van der Waals surface area (Å²) >= 11 is 5.63. The topological polar surface area (TPSA) is 90.1 Å². The van der Waals surface area contributed by atoms with E-state index in [1.54, 1.807) is 24.3 Å². The largest absolute Gasteiger partial charge is 0.491 e. The van der Waals surface area contributed by atoms with Gasteiger partial charge in [0.05, 0.1) is 17.9 Å². The Hall–Kier alpha value is -2.34. The molecule has 0 spiro atoms. The van der Waals surface area contributed by atoms with Gasteiger partial charge in [0.15, 0.2) is 16.7 Å². The van der Waals surface area contributed by atoms with Gasteiger partial charge in [0, 0.05) is 0 Å². The van der Waals surface area contributed by atoms with Crippen LogP contribution in [-0.4, -0.2) is 22.7 Å². The van der Waals surface area contributed by atoms with E-state index in [9.17, 15) is 4.79 Å². The van der Waals surface area contributed by atoms with Crippen molar-refractivity contribution in [3.63, 3.8) is 0 Å². The number of hydrogen-bond acceptors (Lipinski definition) is 5. The van der Waals surface area contributed by atoms with Crippen molar-refractivity contribution in [2.24, 2.45) is 0 Å². The molecule has 0 unspecified atom stereocenters. The SMILES string of the molecule is CCOc1c(N)cccc1C(=O)Nc1ccc(Cl)nn1. The second kappa shape index (κ2) is 6.21. The van der Waals surface area contributed by atoms with Crippen LogP contribution in [0.5, 0.6) is 5.75 Å². The summed E-state index contributed by atoms with van der Waals surface area (Å²) in [5.74, 6) is 0.274. The first-order valence-corrected chi connectivity index (χ1v) is 6.31. The minimum absolute atomic E-state index is 0.252. The Morgan fingerprint density at radius 3 is 2.80 bits per heavy atom. The molecule has 7 heteroatoms. The van der Waals surface area contributed by atoms with Crippen molar-refractivity contribution in [1.29, 1.82) is 0 Å². The minimum Gasteiger partial charge on any atom is -0.491 e. The molecule has 1 aromatic heterocycles. The third kappa shape index (κ3) is 3.16. The normalized spacial score (nSPS) is 10.1. The number of nitrogens with two attached hydrogens (primary N) is 1. The van der Waals surface area contributed by atoms with E-state index >= 15 is 0 Å². The Balaban J connectivity index is 2.25. The van der Waals surface area contributed by atoms with E-state index in [-0.39, 0.29) is 11.1 Å². The van der Waals surface area contributed by atoms with Gasteiger partial charge in [-0.05, 0) is 31.2 Å². The Morgan fingerprint density at radius 2 is 2.15 bits per heavy atom. The van der Waals surface area contributed by atoms with E-state index in [1.165, 1.54) is 6.07 Å². The third-order valence-electron chi connectivity index (χ3n) is 2.45. The first kappa shape index (κ1) is 14.1. The lowest BCUT2D eigenvalue weighted by molar-refractivity contribution is 0.102. The van der Waals surface area contributed by atoms with Crippen molar-refractivity contribution in [1.82, 2.24) is 10.2 Å². The molecule has 104 valence electrons. The standard InChI is InChI=1S/C13H13ClN4O2/c1-2-20-12-8(4-3-5-9(12)15)13(19)16-11-7-6-10(14)17-18-11/h3-7H,2,15H2,1H3,(H,16,18,19). The van der Waals surface area contributed by atoms with E-state index in [2.05, 4.69) is 15.5 Å². The number of hydrogen-bond donors (Lipinski definition) is 2. The molecule has 0 atom stereocenters. The van der Waals surface area contributed by atoms with Crippen molar-refractivity contribution in [3.8, 4) is 5.75 Å². The Labute approximate surface area is 120 Å². The second-order valence-electron chi connectivity index (χ2n) is 3.85. The molecular weight excluding hydrogens is 280 g/mol. The number of benzene rings is 1. The number of amides is 1. The Morgan fingerprint density at radius 1 is 1.35 bits per heavy atom. The van der Waals surface area contributed by atoms with Crippen LogP contribution < -0.4 is 15.8 Å². The Kier molecular flexibility index (Phi) is 4.37. The number of rotatable bonds is 4. The van der Waals surface area contributed by atoms with Crippen molar-refractivity contribution in [2.75, 3.05) is 17.7 Å². The van der Waals surface area contributed by atoms with Crippen LogP contribution in [0.1, 0.15) is 17.3 Å². The zero-order chi connectivity index (χ0) is 14.5. The molecule has 20 heavy (non-hydrogen) atoms. The maximum Gasteiger partial charge on any atom is 0.260 e. The molecule has 1 amide bonds. The van der Waals surface area contributed by atoms with Gasteiger partial charge < -0.3 is 15.8 Å². The maximum absolute atomic E-state index is 12.2. The predicted molar refractivity (Wildman–Crippen MR) is 77.0 cm³/mol. The van der Waals surface area contributed by atoms with Crippen LogP contribution in [0, 0.1) is 0 Å². The Bertz CT molecular complexity index is 616. The molecule has 6 nitrogen and oxygen atoms in total. The molecule has 0 fully saturated rings. The molecule has 0 saturated heterocycles. The van der Waals surface area contributed by atoms with Crippen molar-refractivity contribution >= 4 is 29.0 Å². The molecule has 1 aromatic carbocycles. The van der Waals surface area contributed by atoms with E-state index in [1.807, 2.05) is 6.92 Å². The lowest BCUT2D eigenvalue weighted by Crippen LogP contribution is -2.15. The fraction of sp³-hybridized carbons (Fsp3) is 0.154. The van der Waals surface area contributed by atoms with Gasteiger partial charge in [-0.15, -0.1) is 10.2 Å². The number of nitrogens with zero attached hydrogens (tertiary/aromatic N) is 2. The zero-order valence-corrected chi connectivity index (χ0v) is 11.5. The number of nitrogens with one attached hydrogen (secondary N) is 1. The van der Waals surface area contributed by atoms with Gasteiger partial charge in [-0.2, -0.15) is 0 Å². The average Bonchev–Trinajstić information content (AvgIpc) is 2.43. The van der Waals surface area contributed by atoms with Gasteiger partial charge in [-0.25, -0.2) is 0 Å². The number of aromatic nitrogens is 2. The summed E-state index contributed by atoms with van der Waals surface area (Å²) in [6.45, 7) is 2.23. The lowest BCUT2D eigenvalue weighted by Gasteiger charge is -2.12. The van der Waals surface area contributed by atoms with Crippen LogP contribution in [0.2, 0.25) is 5.15 Å². The maximum atomic E-state index is 12.2. The summed E-state index contributed by atoms with van der Waals surface area (Å²) in [6.07, 6.45) is 0. The van der Waals surface area contributed by atoms with Gasteiger partial charge in [0.1, 0.15) is 0 Å². The molecule has 0 aliphatic heterocycles. The van der Waals surface area contributed by atoms with Crippen LogP contribution >= 0.6 is 11.6 Å². The molecule has 0 bridgehead atoms. The van der Waals surface area contributed by atoms with E-state index in [4.69, 9.17) is 22.1 Å². The number of anilines is 2. The van der Waals surface area contributed by atoms with E-state index in [0.29, 0.717) is 29.4 Å². The molecule has 0 radical (unpaired) electrons. The van der Waals surface area contributed by atoms with E-state index < -0.39 is 0 Å². The summed E-state index contributed by atoms with van der Waals surface area (Å²) < 4.78 is 5.40. The van der Waals surface area contributed by atoms with Crippen LogP contribution in [0.3, 0.4) is 0 Å². The van der Waals surface area contributed by atoms with Crippen LogP contribution in [0.25, 0.3) is 0 Å². The smallest absolute Gasteiger partial charge is 0.260 e. The number of carbonyl (C=O) groups excluding carboxylic acids is 1. The number of ether oxygens (including phenoxy) is 1. The van der Waals surface area contributed by atoms with Gasteiger partial charge in [-0.3, -0.25) is 4.79 Å². The summed E-state index contributed by atoms with van der Waals surface area (Å²) in [7, 11) is 0. The highest BCUT2D eigenvalue weighted by Gasteiger charge is 2.15. The predicted octanol–water partition coefficient (Wildman–Crippen LogP) is 2.36. The van der Waals surface area contributed by atoms with Crippen molar-refractivity contribution in [2.45, 2.75) is 6.92 Å². The minimum atomic E-state index is -0.377. The molecule has 0 aliphatic carbocycles. The zero-order valence-electron chi connectivity index (χ0n) is 10.8. The number of halogens is 1. The van der Waals surface area contributed by atoms with Crippen LogP contribution in [0.4, 0.5) is 11.5 Å². The molecule has 2 aromatic rings. The highest BCUT2D eigenvalue weighted by Crippen LogP contribution is 2.27. The number of nitrogen functional groups attached to an aromatic ring is 1. The molecular formula is C13H13ClN4O2. The van der Waals surface area contributed by atoms with Gasteiger partial charge in [0.25, 0.3) is 5.91 Å². The summed E-state index contributed by atoms with van der Waals surface area (Å²) in [6, 6.07) is 8.07. The fourth-order valence-electron chi connectivity index (χ4n) is 1.61. The monoisotopic (exact) mass is 292 g/mol. The molecule has 2 rings (SSSR count). The van der Waals surface area contributed by atoms with Gasteiger partial charge in [0.2, 0.25) is 0 Å².